The maximum atomic E-state index is 6.23. The summed E-state index contributed by atoms with van der Waals surface area (Å²) in [7, 11) is 0. The first-order valence-electron chi connectivity index (χ1n) is 9.64. The molecular weight excluding hydrogens is 415 g/mol. The van der Waals surface area contributed by atoms with Gasteiger partial charge in [0.25, 0.3) is 0 Å². The molecule has 0 spiro atoms. The summed E-state index contributed by atoms with van der Waals surface area (Å²) in [5.41, 5.74) is 1.16. The summed E-state index contributed by atoms with van der Waals surface area (Å²) in [5, 5.41) is 1.51. The van der Waals surface area contributed by atoms with E-state index in [1.807, 2.05) is 30.3 Å². The molecule has 2 heterocycles. The molecule has 0 bridgehead atoms. The van der Waals surface area contributed by atoms with Crippen molar-refractivity contribution in [3.8, 4) is 11.5 Å². The van der Waals surface area contributed by atoms with Gasteiger partial charge >= 0.3 is 0 Å². The highest BCUT2D eigenvalue weighted by atomic mass is 35.5. The lowest BCUT2D eigenvalue weighted by Crippen LogP contribution is -2.46. The topological polar surface area (TPSA) is 24.9 Å². The highest BCUT2D eigenvalue weighted by molar-refractivity contribution is 7.99. The first kappa shape index (κ1) is 20.0. The van der Waals surface area contributed by atoms with Gasteiger partial charge in [0.2, 0.25) is 0 Å². The van der Waals surface area contributed by atoms with Crippen LogP contribution in [-0.4, -0.2) is 56.6 Å². The highest BCUT2D eigenvalue weighted by Gasteiger charge is 2.23. The van der Waals surface area contributed by atoms with Crippen LogP contribution < -0.4 is 14.4 Å². The third-order valence-corrected chi connectivity index (χ3v) is 6.85. The van der Waals surface area contributed by atoms with E-state index in [-0.39, 0.29) is 0 Å². The fourth-order valence-electron chi connectivity index (χ4n) is 3.58. The number of nitrogens with zero attached hydrogens (tertiary/aromatic N) is 2. The van der Waals surface area contributed by atoms with Crippen molar-refractivity contribution in [3.63, 3.8) is 0 Å². The van der Waals surface area contributed by atoms with E-state index in [0.29, 0.717) is 13.2 Å². The van der Waals surface area contributed by atoms with E-state index in [9.17, 15) is 0 Å². The van der Waals surface area contributed by atoms with Crippen LogP contribution >= 0.6 is 35.0 Å². The molecule has 0 radical (unpaired) electrons. The van der Waals surface area contributed by atoms with E-state index < -0.39 is 0 Å². The number of fused-ring (bicyclic) bond motifs is 1. The van der Waals surface area contributed by atoms with Crippen molar-refractivity contribution in [2.45, 2.75) is 11.3 Å². The Balaban J connectivity index is 1.23. The van der Waals surface area contributed by atoms with Crippen LogP contribution in [0.2, 0.25) is 10.0 Å². The Bertz CT molecular complexity index is 813. The average Bonchev–Trinajstić information content (AvgIpc) is 2.73. The molecule has 150 valence electrons. The van der Waals surface area contributed by atoms with Gasteiger partial charge in [-0.05, 0) is 49.1 Å². The molecular formula is C21H24Cl2N2O2S. The molecule has 0 aromatic heterocycles. The number of anilines is 1. The fourth-order valence-corrected chi connectivity index (χ4v) is 5.01. The molecule has 2 aliphatic rings. The van der Waals surface area contributed by atoms with Gasteiger partial charge in [-0.3, -0.25) is 4.90 Å². The Hall–Kier alpha value is -1.27. The van der Waals surface area contributed by atoms with E-state index in [0.717, 1.165) is 77.0 Å². The van der Waals surface area contributed by atoms with Gasteiger partial charge in [-0.2, -0.15) is 0 Å². The second kappa shape index (κ2) is 9.49. The number of para-hydroxylation sites is 1. The molecule has 0 N–H and O–H groups in total. The molecule has 0 atom stereocenters. The number of piperazine rings is 1. The molecule has 4 rings (SSSR count). The van der Waals surface area contributed by atoms with E-state index in [2.05, 4.69) is 15.9 Å². The number of halogens is 2. The van der Waals surface area contributed by atoms with Crippen molar-refractivity contribution >= 4 is 40.7 Å². The summed E-state index contributed by atoms with van der Waals surface area (Å²) in [4.78, 5) is 6.00. The van der Waals surface area contributed by atoms with Crippen LogP contribution in [0, 0.1) is 0 Å². The van der Waals surface area contributed by atoms with Crippen LogP contribution in [0.3, 0.4) is 0 Å². The summed E-state index contributed by atoms with van der Waals surface area (Å²) in [5.74, 6) is 2.80. The lowest BCUT2D eigenvalue weighted by molar-refractivity contribution is 0.171. The first-order valence-corrected chi connectivity index (χ1v) is 11.4. The number of benzene rings is 2. The second-order valence-electron chi connectivity index (χ2n) is 6.91. The molecule has 2 aromatic carbocycles. The standard InChI is InChI=1S/C21H24Cl2N2O2S/c22-16-5-6-17(23)20(15-16)28-14-2-7-24-8-10-25(11-9-24)18-3-1-4-19-21(18)27-13-12-26-19/h1,3-6,15H,2,7-14H2. The maximum absolute atomic E-state index is 6.23. The molecule has 0 amide bonds. The Morgan fingerprint density at radius 2 is 1.79 bits per heavy atom. The lowest BCUT2D eigenvalue weighted by Gasteiger charge is -2.37. The number of hydrogen-bond donors (Lipinski definition) is 0. The number of rotatable bonds is 6. The Morgan fingerprint density at radius 3 is 2.64 bits per heavy atom. The maximum Gasteiger partial charge on any atom is 0.184 e. The third kappa shape index (κ3) is 4.82. The molecule has 2 aliphatic heterocycles. The summed E-state index contributed by atoms with van der Waals surface area (Å²) in [6.07, 6.45) is 1.13. The van der Waals surface area contributed by atoms with Gasteiger partial charge in [0.05, 0.1) is 10.7 Å². The monoisotopic (exact) mass is 438 g/mol. The molecule has 4 nitrogen and oxygen atoms in total. The fraction of sp³-hybridized carbons (Fsp3) is 0.429. The molecule has 1 fully saturated rings. The van der Waals surface area contributed by atoms with Crippen molar-refractivity contribution < 1.29 is 9.47 Å². The average molecular weight is 439 g/mol. The van der Waals surface area contributed by atoms with Crippen LogP contribution in [0.15, 0.2) is 41.3 Å². The summed E-state index contributed by atoms with van der Waals surface area (Å²) < 4.78 is 11.6. The van der Waals surface area contributed by atoms with E-state index in [1.165, 1.54) is 0 Å². The minimum Gasteiger partial charge on any atom is -0.486 e. The Labute approximate surface area is 180 Å². The molecule has 0 unspecified atom stereocenters. The Kier molecular flexibility index (Phi) is 6.78. The zero-order valence-electron chi connectivity index (χ0n) is 15.7. The van der Waals surface area contributed by atoms with Gasteiger partial charge in [0.1, 0.15) is 13.2 Å². The highest BCUT2D eigenvalue weighted by Crippen LogP contribution is 2.39. The summed E-state index contributed by atoms with van der Waals surface area (Å²) in [6, 6.07) is 11.8. The number of hydrogen-bond acceptors (Lipinski definition) is 5. The van der Waals surface area contributed by atoms with Crippen molar-refractivity contribution in [3.05, 3.63) is 46.4 Å². The van der Waals surface area contributed by atoms with E-state index in [4.69, 9.17) is 32.7 Å². The minimum atomic E-state index is 0.623. The number of thioether (sulfide) groups is 1. The van der Waals surface area contributed by atoms with Crippen molar-refractivity contribution in [2.24, 2.45) is 0 Å². The predicted molar refractivity (Wildman–Crippen MR) is 118 cm³/mol. The van der Waals surface area contributed by atoms with E-state index >= 15 is 0 Å². The zero-order valence-corrected chi connectivity index (χ0v) is 18.0. The SMILES string of the molecule is Clc1ccc(Cl)c(SCCCN2CCN(c3cccc4c3OCCO4)CC2)c1. The largest absolute Gasteiger partial charge is 0.486 e. The normalized spacial score (nSPS) is 17.0. The van der Waals surface area contributed by atoms with Crippen LogP contribution in [-0.2, 0) is 0 Å². The smallest absolute Gasteiger partial charge is 0.184 e. The summed E-state index contributed by atoms with van der Waals surface area (Å²) in [6.45, 7) is 6.49. The van der Waals surface area contributed by atoms with Gasteiger partial charge in [-0.15, -0.1) is 11.8 Å². The second-order valence-corrected chi connectivity index (χ2v) is 8.89. The quantitative estimate of drug-likeness (QED) is 0.463. The molecule has 2 aromatic rings. The van der Waals surface area contributed by atoms with Crippen molar-refractivity contribution in [1.29, 1.82) is 0 Å². The molecule has 0 aliphatic carbocycles. The molecule has 28 heavy (non-hydrogen) atoms. The molecule has 1 saturated heterocycles. The van der Waals surface area contributed by atoms with Crippen molar-refractivity contribution in [2.75, 3.05) is 56.6 Å². The van der Waals surface area contributed by atoms with Crippen LogP contribution in [0.4, 0.5) is 5.69 Å². The lowest BCUT2D eigenvalue weighted by atomic mass is 10.2. The van der Waals surface area contributed by atoms with Crippen LogP contribution in [0.25, 0.3) is 0 Å². The number of ether oxygens (including phenoxy) is 2. The molecule has 7 heteroatoms. The summed E-state index contributed by atoms with van der Waals surface area (Å²) >= 11 is 14.1. The molecule has 0 saturated carbocycles. The van der Waals surface area contributed by atoms with E-state index in [1.54, 1.807) is 11.8 Å². The van der Waals surface area contributed by atoms with Crippen molar-refractivity contribution in [1.82, 2.24) is 4.90 Å². The van der Waals surface area contributed by atoms with Gasteiger partial charge in [-0.25, -0.2) is 0 Å². The Morgan fingerprint density at radius 1 is 0.964 bits per heavy atom. The minimum absolute atomic E-state index is 0.623. The van der Waals surface area contributed by atoms with Crippen LogP contribution in [0.1, 0.15) is 6.42 Å². The first-order chi connectivity index (χ1) is 13.7. The van der Waals surface area contributed by atoms with Crippen LogP contribution in [0.5, 0.6) is 11.5 Å². The third-order valence-electron chi connectivity index (χ3n) is 5.03. The van der Waals surface area contributed by atoms with Gasteiger partial charge in [-0.1, -0.05) is 29.3 Å². The predicted octanol–water partition coefficient (Wildman–Crippen LogP) is 5.07. The zero-order chi connectivity index (χ0) is 19.3. The van der Waals surface area contributed by atoms with Gasteiger partial charge < -0.3 is 14.4 Å². The van der Waals surface area contributed by atoms with Gasteiger partial charge in [0, 0.05) is 36.1 Å². The van der Waals surface area contributed by atoms with Gasteiger partial charge in [0.15, 0.2) is 11.5 Å².